The van der Waals surface area contributed by atoms with E-state index in [1.54, 1.807) is 13.8 Å². The number of rotatable bonds is 5. The zero-order chi connectivity index (χ0) is 9.78. The van der Waals surface area contributed by atoms with Crippen molar-refractivity contribution < 1.29 is 10.2 Å². The number of aliphatic hydroxyl groups excluding tert-OH is 1. The molecule has 0 aromatic carbocycles. The minimum atomic E-state index is -0.641. The first-order chi connectivity index (χ1) is 5.31. The van der Waals surface area contributed by atoms with Crippen molar-refractivity contribution in [2.45, 2.75) is 58.7 Å². The summed E-state index contributed by atoms with van der Waals surface area (Å²) in [6, 6.07) is 0. The lowest BCUT2D eigenvalue weighted by Crippen LogP contribution is -2.22. The first kappa shape index (κ1) is 11.9. The van der Waals surface area contributed by atoms with Crippen LogP contribution >= 0.6 is 0 Å². The molecule has 0 aromatic heterocycles. The topological polar surface area (TPSA) is 40.5 Å². The number of aliphatic hydroxyl groups is 2. The van der Waals surface area contributed by atoms with E-state index in [-0.39, 0.29) is 6.10 Å². The van der Waals surface area contributed by atoms with Crippen LogP contribution in [0.1, 0.15) is 47.0 Å². The van der Waals surface area contributed by atoms with Gasteiger partial charge in [-0.15, -0.1) is 0 Å². The molecule has 2 nitrogen and oxygen atoms in total. The smallest absolute Gasteiger partial charge is 0.0592 e. The van der Waals surface area contributed by atoms with Gasteiger partial charge >= 0.3 is 0 Å². The SMILES string of the molecule is CC(C)CC(O)CCC(C)(C)O. The largest absolute Gasteiger partial charge is 0.393 e. The summed E-state index contributed by atoms with van der Waals surface area (Å²) in [4.78, 5) is 0. The Morgan fingerprint density at radius 2 is 1.75 bits per heavy atom. The molecule has 0 radical (unpaired) electrons. The Morgan fingerprint density at radius 3 is 2.08 bits per heavy atom. The molecular weight excluding hydrogens is 152 g/mol. The van der Waals surface area contributed by atoms with Crippen molar-refractivity contribution >= 4 is 0 Å². The molecule has 12 heavy (non-hydrogen) atoms. The Bertz CT molecular complexity index is 113. The van der Waals surface area contributed by atoms with E-state index >= 15 is 0 Å². The van der Waals surface area contributed by atoms with Crippen LogP contribution in [0.4, 0.5) is 0 Å². The Labute approximate surface area is 75.6 Å². The lowest BCUT2D eigenvalue weighted by atomic mass is 9.96. The predicted octanol–water partition coefficient (Wildman–Crippen LogP) is 1.94. The van der Waals surface area contributed by atoms with E-state index in [1.165, 1.54) is 0 Å². The Morgan fingerprint density at radius 1 is 1.25 bits per heavy atom. The molecule has 0 amide bonds. The second-order valence-corrected chi connectivity index (χ2v) is 4.63. The summed E-state index contributed by atoms with van der Waals surface area (Å²) in [7, 11) is 0. The second-order valence-electron chi connectivity index (χ2n) is 4.63. The van der Waals surface area contributed by atoms with Gasteiger partial charge in [0.1, 0.15) is 0 Å². The Hall–Kier alpha value is -0.0800. The van der Waals surface area contributed by atoms with E-state index in [1.807, 2.05) is 0 Å². The highest BCUT2D eigenvalue weighted by atomic mass is 16.3. The van der Waals surface area contributed by atoms with Gasteiger partial charge in [0, 0.05) is 0 Å². The molecule has 0 aliphatic carbocycles. The standard InChI is InChI=1S/C10H22O2/c1-8(2)7-9(11)5-6-10(3,4)12/h8-9,11-12H,5-7H2,1-4H3. The summed E-state index contributed by atoms with van der Waals surface area (Å²) < 4.78 is 0. The molecule has 2 N–H and O–H groups in total. The fraction of sp³-hybridized carbons (Fsp3) is 1.00. The third kappa shape index (κ3) is 8.02. The third-order valence-corrected chi connectivity index (χ3v) is 1.83. The van der Waals surface area contributed by atoms with Crippen LogP contribution in [-0.2, 0) is 0 Å². The van der Waals surface area contributed by atoms with Crippen molar-refractivity contribution in [3.8, 4) is 0 Å². The maximum absolute atomic E-state index is 9.47. The van der Waals surface area contributed by atoms with Crippen LogP contribution in [0.15, 0.2) is 0 Å². The quantitative estimate of drug-likeness (QED) is 0.668. The van der Waals surface area contributed by atoms with Crippen molar-refractivity contribution in [1.82, 2.24) is 0 Å². The van der Waals surface area contributed by atoms with Crippen LogP contribution in [0.25, 0.3) is 0 Å². The van der Waals surface area contributed by atoms with Gasteiger partial charge < -0.3 is 10.2 Å². The zero-order valence-electron chi connectivity index (χ0n) is 8.67. The Balaban J connectivity index is 3.51. The van der Waals surface area contributed by atoms with Gasteiger partial charge in [-0.25, -0.2) is 0 Å². The summed E-state index contributed by atoms with van der Waals surface area (Å²) in [5, 5.41) is 18.9. The monoisotopic (exact) mass is 174 g/mol. The molecule has 0 saturated heterocycles. The third-order valence-electron chi connectivity index (χ3n) is 1.83. The van der Waals surface area contributed by atoms with Crippen LogP contribution < -0.4 is 0 Å². The molecule has 0 heterocycles. The van der Waals surface area contributed by atoms with Gasteiger partial charge in [-0.2, -0.15) is 0 Å². The summed E-state index contributed by atoms with van der Waals surface area (Å²) in [6.07, 6.45) is 1.94. The lowest BCUT2D eigenvalue weighted by molar-refractivity contribution is 0.0444. The van der Waals surface area contributed by atoms with Gasteiger partial charge in [-0.05, 0) is 39.0 Å². The van der Waals surface area contributed by atoms with Gasteiger partial charge in [0.15, 0.2) is 0 Å². The van der Waals surface area contributed by atoms with Gasteiger partial charge in [0.2, 0.25) is 0 Å². The minimum Gasteiger partial charge on any atom is -0.393 e. The molecule has 0 bridgehead atoms. The highest BCUT2D eigenvalue weighted by Crippen LogP contribution is 2.15. The highest BCUT2D eigenvalue weighted by Gasteiger charge is 2.15. The minimum absolute atomic E-state index is 0.253. The normalized spacial score (nSPS) is 15.2. The molecule has 0 aromatic rings. The van der Waals surface area contributed by atoms with Crippen LogP contribution in [0, 0.1) is 5.92 Å². The molecule has 1 unspecified atom stereocenters. The summed E-state index contributed by atoms with van der Waals surface area (Å²) in [6.45, 7) is 7.73. The molecule has 2 heteroatoms. The first-order valence-electron chi connectivity index (χ1n) is 4.71. The number of hydrogen-bond donors (Lipinski definition) is 2. The van der Waals surface area contributed by atoms with Crippen LogP contribution in [0.2, 0.25) is 0 Å². The van der Waals surface area contributed by atoms with Crippen molar-refractivity contribution in [3.05, 3.63) is 0 Å². The second kappa shape index (κ2) is 4.83. The summed E-state index contributed by atoms with van der Waals surface area (Å²) >= 11 is 0. The van der Waals surface area contributed by atoms with Gasteiger partial charge in [0.05, 0.1) is 11.7 Å². The summed E-state index contributed by atoms with van der Waals surface area (Å²) in [5.74, 6) is 0.529. The van der Waals surface area contributed by atoms with Gasteiger partial charge in [0.25, 0.3) is 0 Å². The first-order valence-corrected chi connectivity index (χ1v) is 4.71. The molecule has 0 spiro atoms. The van der Waals surface area contributed by atoms with Crippen molar-refractivity contribution in [2.75, 3.05) is 0 Å². The number of hydrogen-bond acceptors (Lipinski definition) is 2. The van der Waals surface area contributed by atoms with Crippen LogP contribution in [0.3, 0.4) is 0 Å². The lowest BCUT2D eigenvalue weighted by Gasteiger charge is -2.20. The average Bonchev–Trinajstić information content (AvgIpc) is 1.80. The fourth-order valence-electron chi connectivity index (χ4n) is 1.18. The maximum Gasteiger partial charge on any atom is 0.0592 e. The molecule has 0 aliphatic rings. The maximum atomic E-state index is 9.47. The fourth-order valence-corrected chi connectivity index (χ4v) is 1.18. The van der Waals surface area contributed by atoms with Crippen molar-refractivity contribution in [3.63, 3.8) is 0 Å². The zero-order valence-corrected chi connectivity index (χ0v) is 8.67. The molecular formula is C10H22O2. The van der Waals surface area contributed by atoms with Crippen LogP contribution in [0.5, 0.6) is 0 Å². The molecule has 0 saturated carbocycles. The van der Waals surface area contributed by atoms with Crippen LogP contribution in [-0.4, -0.2) is 21.9 Å². The van der Waals surface area contributed by atoms with Gasteiger partial charge in [-0.1, -0.05) is 13.8 Å². The van der Waals surface area contributed by atoms with E-state index in [4.69, 9.17) is 0 Å². The average molecular weight is 174 g/mol. The molecule has 0 fully saturated rings. The predicted molar refractivity (Wildman–Crippen MR) is 51.0 cm³/mol. The van der Waals surface area contributed by atoms with Crippen molar-refractivity contribution in [1.29, 1.82) is 0 Å². The highest BCUT2D eigenvalue weighted by molar-refractivity contribution is 4.68. The molecule has 74 valence electrons. The van der Waals surface area contributed by atoms with E-state index in [2.05, 4.69) is 13.8 Å². The van der Waals surface area contributed by atoms with E-state index in [9.17, 15) is 10.2 Å². The molecule has 0 rings (SSSR count). The van der Waals surface area contributed by atoms with E-state index in [0.29, 0.717) is 18.8 Å². The van der Waals surface area contributed by atoms with Gasteiger partial charge in [-0.3, -0.25) is 0 Å². The molecule has 0 aliphatic heterocycles. The summed E-state index contributed by atoms with van der Waals surface area (Å²) in [5.41, 5.74) is -0.641. The van der Waals surface area contributed by atoms with E-state index in [0.717, 1.165) is 6.42 Å². The van der Waals surface area contributed by atoms with Crippen molar-refractivity contribution in [2.24, 2.45) is 5.92 Å². The molecule has 1 atom stereocenters. The Kier molecular flexibility index (Phi) is 4.80. The van der Waals surface area contributed by atoms with E-state index < -0.39 is 5.60 Å².